The molecule has 0 saturated carbocycles. The van der Waals surface area contributed by atoms with Crippen molar-refractivity contribution in [1.82, 2.24) is 0 Å². The van der Waals surface area contributed by atoms with E-state index in [9.17, 15) is 0 Å². The maximum absolute atomic E-state index is 6.00. The molecule has 2 aliphatic rings. The number of hydrogen-bond acceptors (Lipinski definition) is 6. The average molecular weight is 417 g/mol. The van der Waals surface area contributed by atoms with Crippen LogP contribution in [0.5, 0.6) is 0 Å². The van der Waals surface area contributed by atoms with Gasteiger partial charge in [0.1, 0.15) is 13.2 Å². The van der Waals surface area contributed by atoms with Crippen molar-refractivity contribution in [3.63, 3.8) is 0 Å². The minimum Gasteiger partial charge on any atom is -0.475 e. The molecule has 150 valence electrons. The third-order valence-electron chi connectivity index (χ3n) is 5.31. The fourth-order valence-electron chi connectivity index (χ4n) is 3.26. The van der Waals surface area contributed by atoms with E-state index in [0.717, 1.165) is 32.7 Å². The molecule has 2 aromatic heterocycles. The van der Waals surface area contributed by atoms with Gasteiger partial charge in [-0.15, -0.1) is 22.7 Å². The normalized spacial score (nSPS) is 22.6. The van der Waals surface area contributed by atoms with E-state index in [1.54, 1.807) is 22.7 Å². The Bertz CT molecular complexity index is 849. The van der Waals surface area contributed by atoms with Crippen LogP contribution in [0.15, 0.2) is 32.9 Å². The minimum absolute atomic E-state index is 0.0983. The predicted molar refractivity (Wildman–Crippen MR) is 119 cm³/mol. The SMILES string of the molecule is CC(C)(C)[C@H]1COC(c2sccc2-c2ccsc2C2=N[C@@H](C(C)(C)C)CO2)=N1. The van der Waals surface area contributed by atoms with E-state index in [0.29, 0.717) is 13.2 Å². The Morgan fingerprint density at radius 1 is 0.750 bits per heavy atom. The highest BCUT2D eigenvalue weighted by Crippen LogP contribution is 2.38. The van der Waals surface area contributed by atoms with Crippen LogP contribution in [0.2, 0.25) is 0 Å². The summed E-state index contributed by atoms with van der Waals surface area (Å²) >= 11 is 3.36. The quantitative estimate of drug-likeness (QED) is 0.629. The van der Waals surface area contributed by atoms with Crippen molar-refractivity contribution in [2.45, 2.75) is 53.6 Å². The Hall–Kier alpha value is -1.66. The zero-order chi connectivity index (χ0) is 20.1. The van der Waals surface area contributed by atoms with Crippen molar-refractivity contribution in [3.05, 3.63) is 32.6 Å². The lowest BCUT2D eigenvalue weighted by atomic mass is 9.88. The third-order valence-corrected chi connectivity index (χ3v) is 7.12. The topological polar surface area (TPSA) is 43.2 Å². The number of aliphatic imine (C=N–C) groups is 2. The predicted octanol–water partition coefficient (Wildman–Crippen LogP) is 5.86. The monoisotopic (exact) mass is 416 g/mol. The Morgan fingerprint density at radius 2 is 1.14 bits per heavy atom. The van der Waals surface area contributed by atoms with Crippen molar-refractivity contribution in [2.24, 2.45) is 20.8 Å². The van der Waals surface area contributed by atoms with Crippen LogP contribution < -0.4 is 0 Å². The van der Waals surface area contributed by atoms with Crippen LogP contribution in [0.4, 0.5) is 0 Å². The molecule has 0 bridgehead atoms. The van der Waals surface area contributed by atoms with E-state index in [1.807, 2.05) is 0 Å². The molecule has 2 aliphatic heterocycles. The second-order valence-electron chi connectivity index (χ2n) is 9.58. The molecule has 6 heteroatoms. The van der Waals surface area contributed by atoms with E-state index in [2.05, 4.69) is 64.4 Å². The molecule has 0 amide bonds. The number of rotatable bonds is 3. The molecule has 0 unspecified atom stereocenters. The Morgan fingerprint density at radius 3 is 1.46 bits per heavy atom. The number of ether oxygens (including phenoxy) is 2. The van der Waals surface area contributed by atoms with Gasteiger partial charge in [0.05, 0.1) is 21.8 Å². The summed E-state index contributed by atoms with van der Waals surface area (Å²) in [4.78, 5) is 12.0. The summed E-state index contributed by atoms with van der Waals surface area (Å²) in [6.45, 7) is 14.6. The largest absolute Gasteiger partial charge is 0.475 e. The molecule has 0 aromatic carbocycles. The molecule has 0 radical (unpaired) electrons. The van der Waals surface area contributed by atoms with E-state index >= 15 is 0 Å². The molecule has 0 saturated heterocycles. The maximum Gasteiger partial charge on any atom is 0.227 e. The smallest absolute Gasteiger partial charge is 0.227 e. The van der Waals surface area contributed by atoms with E-state index in [1.165, 1.54) is 0 Å². The highest BCUT2D eigenvalue weighted by atomic mass is 32.1. The van der Waals surface area contributed by atoms with Crippen LogP contribution in [-0.4, -0.2) is 37.1 Å². The molecule has 4 rings (SSSR count). The molecule has 0 spiro atoms. The van der Waals surface area contributed by atoms with Gasteiger partial charge in [-0.3, -0.25) is 0 Å². The number of hydrogen-bond donors (Lipinski definition) is 0. The summed E-state index contributed by atoms with van der Waals surface area (Å²) in [6, 6.07) is 4.68. The Labute approximate surface area is 175 Å². The fourth-order valence-corrected chi connectivity index (χ4v) is 4.97. The summed E-state index contributed by atoms with van der Waals surface area (Å²) < 4.78 is 12.0. The molecule has 0 N–H and O–H groups in total. The van der Waals surface area contributed by atoms with Crippen LogP contribution >= 0.6 is 22.7 Å². The molecule has 28 heavy (non-hydrogen) atoms. The summed E-state index contributed by atoms with van der Waals surface area (Å²) in [7, 11) is 0. The lowest BCUT2D eigenvalue weighted by molar-refractivity contribution is 0.235. The molecule has 4 nitrogen and oxygen atoms in total. The van der Waals surface area contributed by atoms with Crippen molar-refractivity contribution < 1.29 is 9.47 Å². The van der Waals surface area contributed by atoms with Crippen LogP contribution in [0, 0.1) is 10.8 Å². The molecular weight excluding hydrogens is 388 g/mol. The first kappa shape index (κ1) is 19.6. The van der Waals surface area contributed by atoms with E-state index < -0.39 is 0 Å². The fraction of sp³-hybridized carbons (Fsp3) is 0.545. The third kappa shape index (κ3) is 3.64. The lowest BCUT2D eigenvalue weighted by Gasteiger charge is -2.21. The zero-order valence-electron chi connectivity index (χ0n) is 17.4. The van der Waals surface area contributed by atoms with Gasteiger partial charge in [-0.05, 0) is 33.7 Å². The summed E-state index contributed by atoms with van der Waals surface area (Å²) in [6.07, 6.45) is 0. The molecule has 0 aliphatic carbocycles. The van der Waals surface area contributed by atoms with Gasteiger partial charge in [0.2, 0.25) is 11.8 Å². The summed E-state index contributed by atoms with van der Waals surface area (Å²) in [5, 5.41) is 4.22. The van der Waals surface area contributed by atoms with Crippen molar-refractivity contribution in [2.75, 3.05) is 13.2 Å². The molecule has 0 fully saturated rings. The van der Waals surface area contributed by atoms with Gasteiger partial charge in [0, 0.05) is 11.1 Å². The highest BCUT2D eigenvalue weighted by molar-refractivity contribution is 7.13. The van der Waals surface area contributed by atoms with Crippen LogP contribution in [0.3, 0.4) is 0 Å². The Kier molecular flexibility index (Phi) is 4.91. The zero-order valence-corrected chi connectivity index (χ0v) is 19.0. The van der Waals surface area contributed by atoms with E-state index in [-0.39, 0.29) is 22.9 Å². The van der Waals surface area contributed by atoms with Gasteiger partial charge < -0.3 is 9.47 Å². The molecule has 4 heterocycles. The first-order valence-corrected chi connectivity index (χ1v) is 11.5. The minimum atomic E-state index is 0.0983. The first-order valence-electron chi connectivity index (χ1n) is 9.72. The highest BCUT2D eigenvalue weighted by Gasteiger charge is 2.34. The standard InChI is InChI=1S/C22H28N2O2S2/c1-21(2,3)15-11-25-19(23-15)17-13(7-9-27-17)14-8-10-28-18(14)20-24-16(12-26-20)22(4,5)6/h7-10,15-16H,11-12H2,1-6H3/t15-,16-/m1/s1. The molecule has 2 aromatic rings. The van der Waals surface area contributed by atoms with Gasteiger partial charge >= 0.3 is 0 Å². The lowest BCUT2D eigenvalue weighted by Crippen LogP contribution is -2.25. The Balaban J connectivity index is 1.68. The summed E-state index contributed by atoms with van der Waals surface area (Å²) in [5.74, 6) is 1.54. The van der Waals surface area contributed by atoms with Gasteiger partial charge in [-0.25, -0.2) is 9.98 Å². The van der Waals surface area contributed by atoms with Crippen LogP contribution in [0.1, 0.15) is 51.3 Å². The maximum atomic E-state index is 6.00. The van der Waals surface area contributed by atoms with Gasteiger partial charge in [0.25, 0.3) is 0 Å². The summed E-state index contributed by atoms with van der Waals surface area (Å²) in [5.41, 5.74) is 2.50. The second kappa shape index (κ2) is 6.99. The van der Waals surface area contributed by atoms with Gasteiger partial charge in [0.15, 0.2) is 0 Å². The van der Waals surface area contributed by atoms with Gasteiger partial charge in [-0.1, -0.05) is 41.5 Å². The molecule has 2 atom stereocenters. The first-order chi connectivity index (χ1) is 13.1. The number of thiophene rings is 2. The van der Waals surface area contributed by atoms with Crippen LogP contribution in [0.25, 0.3) is 11.1 Å². The second-order valence-corrected chi connectivity index (χ2v) is 11.4. The number of nitrogens with zero attached hydrogens (tertiary/aromatic N) is 2. The van der Waals surface area contributed by atoms with Crippen molar-refractivity contribution >= 4 is 34.5 Å². The van der Waals surface area contributed by atoms with E-state index in [4.69, 9.17) is 19.5 Å². The van der Waals surface area contributed by atoms with Crippen LogP contribution in [-0.2, 0) is 9.47 Å². The van der Waals surface area contributed by atoms with Crippen molar-refractivity contribution in [3.8, 4) is 11.1 Å². The van der Waals surface area contributed by atoms with Gasteiger partial charge in [-0.2, -0.15) is 0 Å². The average Bonchev–Trinajstić information content (AvgIpc) is 3.37. The molecular formula is C22H28N2O2S2. The van der Waals surface area contributed by atoms with Crippen molar-refractivity contribution in [1.29, 1.82) is 0 Å².